The number of nitrogens with one attached hydrogen (secondary N) is 1. The summed E-state index contributed by atoms with van der Waals surface area (Å²) in [7, 11) is 1.31. The minimum Gasteiger partial charge on any atom is -0.469 e. The minimum atomic E-state index is -1.02. The summed E-state index contributed by atoms with van der Waals surface area (Å²) in [4.78, 5) is 16.0. The monoisotopic (exact) mass is 273 g/mol. The van der Waals surface area contributed by atoms with Crippen LogP contribution in [0.1, 0.15) is 11.9 Å². The number of aromatic nitrogens is 2. The van der Waals surface area contributed by atoms with Crippen molar-refractivity contribution in [3.05, 3.63) is 42.5 Å². The van der Waals surface area contributed by atoms with Crippen LogP contribution in [0.15, 0.2) is 36.7 Å². The first kappa shape index (κ1) is 12.7. The van der Waals surface area contributed by atoms with Gasteiger partial charge in [0, 0.05) is 18.9 Å². The van der Waals surface area contributed by atoms with Crippen molar-refractivity contribution in [2.24, 2.45) is 5.92 Å². The summed E-state index contributed by atoms with van der Waals surface area (Å²) in [5.41, 5.74) is 1.77. The Morgan fingerprint density at radius 3 is 3.10 bits per heavy atom. The molecule has 2 aromatic rings. The molecule has 0 fully saturated rings. The van der Waals surface area contributed by atoms with E-state index in [0.717, 1.165) is 11.4 Å². The standard InChI is InChI=1S/C14H15N3O3/c1-20-14(19)9-8-16-10-4-2-3-5-11(10)17-7-6-15-13(17)12(9)18/h2-7,9,12,16,18H,8H2,1H3/t9-,12-/m0/s1. The van der Waals surface area contributed by atoms with E-state index in [-0.39, 0.29) is 6.54 Å². The molecule has 3 rings (SSSR count). The van der Waals surface area contributed by atoms with Gasteiger partial charge in [-0.05, 0) is 12.1 Å². The molecule has 1 aliphatic rings. The first-order valence-electron chi connectivity index (χ1n) is 6.35. The van der Waals surface area contributed by atoms with Gasteiger partial charge < -0.3 is 15.2 Å². The van der Waals surface area contributed by atoms with Gasteiger partial charge in [-0.15, -0.1) is 0 Å². The second-order valence-electron chi connectivity index (χ2n) is 4.63. The van der Waals surface area contributed by atoms with Gasteiger partial charge in [-0.25, -0.2) is 4.98 Å². The van der Waals surface area contributed by atoms with Gasteiger partial charge in [0.25, 0.3) is 0 Å². The van der Waals surface area contributed by atoms with Crippen molar-refractivity contribution in [3.63, 3.8) is 0 Å². The van der Waals surface area contributed by atoms with Crippen LogP contribution in [0.2, 0.25) is 0 Å². The Morgan fingerprint density at radius 2 is 2.30 bits per heavy atom. The van der Waals surface area contributed by atoms with Crippen LogP contribution in [0.3, 0.4) is 0 Å². The van der Waals surface area contributed by atoms with Crippen molar-refractivity contribution in [2.75, 3.05) is 19.0 Å². The summed E-state index contributed by atoms with van der Waals surface area (Å²) in [5.74, 6) is -0.720. The molecule has 2 N–H and O–H groups in total. The summed E-state index contributed by atoms with van der Waals surface area (Å²) in [6, 6.07) is 7.67. The van der Waals surface area contributed by atoms with Crippen molar-refractivity contribution < 1.29 is 14.6 Å². The van der Waals surface area contributed by atoms with E-state index in [1.54, 1.807) is 17.0 Å². The van der Waals surface area contributed by atoms with Crippen LogP contribution in [-0.2, 0) is 9.53 Å². The number of para-hydroxylation sites is 2. The Hall–Kier alpha value is -2.34. The van der Waals surface area contributed by atoms with Crippen LogP contribution in [0.5, 0.6) is 0 Å². The molecular formula is C14H15N3O3. The van der Waals surface area contributed by atoms with E-state index in [1.165, 1.54) is 7.11 Å². The first-order valence-corrected chi connectivity index (χ1v) is 6.35. The molecule has 0 bridgehead atoms. The van der Waals surface area contributed by atoms with E-state index in [0.29, 0.717) is 5.82 Å². The number of esters is 1. The van der Waals surface area contributed by atoms with E-state index in [9.17, 15) is 9.90 Å². The van der Waals surface area contributed by atoms with Gasteiger partial charge in [0.05, 0.1) is 18.5 Å². The number of benzene rings is 1. The Kier molecular flexibility index (Phi) is 3.15. The van der Waals surface area contributed by atoms with Crippen molar-refractivity contribution in [3.8, 4) is 5.69 Å². The third kappa shape index (κ3) is 1.94. The molecule has 0 radical (unpaired) electrons. The van der Waals surface area contributed by atoms with E-state index in [1.807, 2.05) is 24.3 Å². The van der Waals surface area contributed by atoms with Crippen molar-refractivity contribution in [1.82, 2.24) is 9.55 Å². The van der Waals surface area contributed by atoms with Gasteiger partial charge in [-0.2, -0.15) is 0 Å². The van der Waals surface area contributed by atoms with E-state index < -0.39 is 18.0 Å². The number of carbonyl (C=O) groups excluding carboxylic acids is 1. The smallest absolute Gasteiger partial charge is 0.313 e. The van der Waals surface area contributed by atoms with Gasteiger partial charge in [0.2, 0.25) is 0 Å². The summed E-state index contributed by atoms with van der Waals surface area (Å²) in [5, 5.41) is 13.6. The highest BCUT2D eigenvalue weighted by Gasteiger charge is 2.33. The second-order valence-corrected chi connectivity index (χ2v) is 4.63. The molecule has 104 valence electrons. The van der Waals surface area contributed by atoms with Crippen LogP contribution in [0, 0.1) is 5.92 Å². The fraction of sp³-hybridized carbons (Fsp3) is 0.286. The highest BCUT2D eigenvalue weighted by molar-refractivity contribution is 5.75. The molecule has 1 aromatic heterocycles. The summed E-state index contributed by atoms with van der Waals surface area (Å²) in [6.45, 7) is 0.289. The quantitative estimate of drug-likeness (QED) is 0.761. The van der Waals surface area contributed by atoms with Crippen LogP contribution in [0.25, 0.3) is 5.69 Å². The number of anilines is 1. The van der Waals surface area contributed by atoms with Crippen molar-refractivity contribution in [1.29, 1.82) is 0 Å². The zero-order valence-electron chi connectivity index (χ0n) is 11.0. The molecule has 0 aliphatic carbocycles. The van der Waals surface area contributed by atoms with Crippen LogP contribution < -0.4 is 5.32 Å². The Bertz CT molecular complexity index is 638. The normalized spacial score (nSPS) is 20.9. The molecule has 0 amide bonds. The number of imidazole rings is 1. The maximum absolute atomic E-state index is 11.8. The number of rotatable bonds is 1. The number of hydrogen-bond donors (Lipinski definition) is 2. The molecule has 1 aliphatic heterocycles. The number of aliphatic hydroxyl groups is 1. The number of nitrogens with zero attached hydrogens (tertiary/aromatic N) is 2. The maximum Gasteiger partial charge on any atom is 0.313 e. The molecule has 2 heterocycles. The maximum atomic E-state index is 11.8. The van der Waals surface area contributed by atoms with Crippen molar-refractivity contribution >= 4 is 11.7 Å². The third-order valence-electron chi connectivity index (χ3n) is 3.49. The number of carbonyl (C=O) groups is 1. The largest absolute Gasteiger partial charge is 0.469 e. The van der Waals surface area contributed by atoms with Gasteiger partial charge in [0.15, 0.2) is 0 Å². The minimum absolute atomic E-state index is 0.289. The fourth-order valence-electron chi connectivity index (χ4n) is 2.45. The topological polar surface area (TPSA) is 76.4 Å². The predicted molar refractivity (Wildman–Crippen MR) is 72.5 cm³/mol. The molecule has 0 saturated heterocycles. The van der Waals surface area contributed by atoms with Gasteiger partial charge in [-0.3, -0.25) is 9.36 Å². The van der Waals surface area contributed by atoms with Crippen LogP contribution >= 0.6 is 0 Å². The highest BCUT2D eigenvalue weighted by Crippen LogP contribution is 2.30. The van der Waals surface area contributed by atoms with Gasteiger partial charge in [-0.1, -0.05) is 12.1 Å². The summed E-state index contributed by atoms with van der Waals surface area (Å²) in [6.07, 6.45) is 2.35. The lowest BCUT2D eigenvalue weighted by atomic mass is 10.00. The van der Waals surface area contributed by atoms with Gasteiger partial charge in [0.1, 0.15) is 17.8 Å². The molecule has 1 aromatic carbocycles. The van der Waals surface area contributed by atoms with Crippen LogP contribution in [-0.4, -0.2) is 34.3 Å². The SMILES string of the molecule is COC(=O)[C@H]1CNc2ccccc2-n2ccnc2[C@H]1O. The lowest BCUT2D eigenvalue weighted by Gasteiger charge is -2.26. The first-order chi connectivity index (χ1) is 9.72. The molecular weight excluding hydrogens is 258 g/mol. The molecule has 0 spiro atoms. The fourth-order valence-corrected chi connectivity index (χ4v) is 2.45. The third-order valence-corrected chi connectivity index (χ3v) is 3.49. The average Bonchev–Trinajstić information content (AvgIpc) is 2.94. The van der Waals surface area contributed by atoms with E-state index >= 15 is 0 Å². The zero-order valence-corrected chi connectivity index (χ0v) is 11.0. The number of hydrogen-bond acceptors (Lipinski definition) is 5. The Labute approximate surface area is 116 Å². The molecule has 0 unspecified atom stereocenters. The predicted octanol–water partition coefficient (Wildman–Crippen LogP) is 1.12. The molecule has 6 nitrogen and oxygen atoms in total. The number of aliphatic hydroxyl groups excluding tert-OH is 1. The van der Waals surface area contributed by atoms with Crippen molar-refractivity contribution in [2.45, 2.75) is 6.10 Å². The Morgan fingerprint density at radius 1 is 1.50 bits per heavy atom. The van der Waals surface area contributed by atoms with Crippen LogP contribution in [0.4, 0.5) is 5.69 Å². The number of fused-ring (bicyclic) bond motifs is 3. The Balaban J connectivity index is 2.12. The molecule has 6 heteroatoms. The summed E-state index contributed by atoms with van der Waals surface area (Å²) >= 11 is 0. The molecule has 20 heavy (non-hydrogen) atoms. The highest BCUT2D eigenvalue weighted by atomic mass is 16.5. The molecule has 2 atom stereocenters. The second kappa shape index (κ2) is 4.97. The average molecular weight is 273 g/mol. The summed E-state index contributed by atoms with van der Waals surface area (Å²) < 4.78 is 6.54. The lowest BCUT2D eigenvalue weighted by Crippen LogP contribution is -2.33. The van der Waals surface area contributed by atoms with Gasteiger partial charge >= 0.3 is 5.97 Å². The lowest BCUT2D eigenvalue weighted by molar-refractivity contribution is -0.149. The van der Waals surface area contributed by atoms with E-state index in [4.69, 9.17) is 4.74 Å². The van der Waals surface area contributed by atoms with E-state index in [2.05, 4.69) is 10.3 Å². The number of methoxy groups -OCH3 is 1. The number of ether oxygens (including phenoxy) is 1. The molecule has 0 saturated carbocycles. The zero-order chi connectivity index (χ0) is 14.1.